The van der Waals surface area contributed by atoms with Crippen LogP contribution < -0.4 is 5.32 Å². The molecule has 1 atom stereocenters. The van der Waals surface area contributed by atoms with Crippen LogP contribution in [0.3, 0.4) is 0 Å². The largest absolute Gasteiger partial charge is 0.394 e. The third-order valence-electron chi connectivity index (χ3n) is 3.83. The molecule has 0 saturated heterocycles. The van der Waals surface area contributed by atoms with Crippen LogP contribution in [0.5, 0.6) is 0 Å². The summed E-state index contributed by atoms with van der Waals surface area (Å²) in [4.78, 5) is 11.9. The van der Waals surface area contributed by atoms with Crippen molar-refractivity contribution in [3.05, 3.63) is 42.7 Å². The summed E-state index contributed by atoms with van der Waals surface area (Å²) in [5, 5.41) is 13.7. The van der Waals surface area contributed by atoms with E-state index in [0.29, 0.717) is 5.92 Å². The van der Waals surface area contributed by atoms with Gasteiger partial charge in [0.25, 0.3) is 0 Å². The highest BCUT2D eigenvalue weighted by Crippen LogP contribution is 2.27. The van der Waals surface area contributed by atoms with Crippen LogP contribution in [0.2, 0.25) is 0 Å². The average Bonchev–Trinajstić information content (AvgIpc) is 2.98. The van der Waals surface area contributed by atoms with Crippen molar-refractivity contribution in [3.8, 4) is 11.3 Å². The molecule has 3 N–H and O–H groups in total. The molecular weight excluding hydrogens is 276 g/mol. The third-order valence-corrected chi connectivity index (χ3v) is 3.83. The normalized spacial score (nSPS) is 12.7. The summed E-state index contributed by atoms with van der Waals surface area (Å²) >= 11 is 0. The Hall–Kier alpha value is -2.40. The second-order valence-corrected chi connectivity index (χ2v) is 5.71. The summed E-state index contributed by atoms with van der Waals surface area (Å²) in [6, 6.07) is 12.1. The molecule has 114 valence electrons. The first kappa shape index (κ1) is 14.5. The van der Waals surface area contributed by atoms with Crippen LogP contribution in [0.15, 0.2) is 42.7 Å². The summed E-state index contributed by atoms with van der Waals surface area (Å²) in [7, 11) is 0. The van der Waals surface area contributed by atoms with Crippen LogP contribution in [0.25, 0.3) is 22.3 Å². The SMILES string of the molecule is CC(C)[C@H](CO)Nc1ncnc2[nH]c(-c3ccccc3)cc12. The highest BCUT2D eigenvalue weighted by molar-refractivity contribution is 5.91. The molecule has 1 aromatic carbocycles. The minimum atomic E-state index is -0.0341. The van der Waals surface area contributed by atoms with E-state index in [-0.39, 0.29) is 12.6 Å². The number of H-pyrrole nitrogens is 1. The van der Waals surface area contributed by atoms with Crippen LogP contribution in [-0.4, -0.2) is 32.7 Å². The van der Waals surface area contributed by atoms with E-state index in [9.17, 15) is 5.11 Å². The summed E-state index contributed by atoms with van der Waals surface area (Å²) in [5.41, 5.74) is 2.90. The molecule has 3 aromatic rings. The van der Waals surface area contributed by atoms with Crippen LogP contribution >= 0.6 is 0 Å². The Morgan fingerprint density at radius 1 is 1.18 bits per heavy atom. The molecule has 22 heavy (non-hydrogen) atoms. The van der Waals surface area contributed by atoms with Crippen molar-refractivity contribution in [3.63, 3.8) is 0 Å². The lowest BCUT2D eigenvalue weighted by atomic mass is 10.1. The Labute approximate surface area is 129 Å². The van der Waals surface area contributed by atoms with Gasteiger partial charge >= 0.3 is 0 Å². The summed E-state index contributed by atoms with van der Waals surface area (Å²) in [6.07, 6.45) is 1.53. The molecular formula is C17H20N4O. The van der Waals surface area contributed by atoms with Crippen molar-refractivity contribution in [2.24, 2.45) is 5.92 Å². The molecule has 3 rings (SSSR count). The predicted molar refractivity (Wildman–Crippen MR) is 88.7 cm³/mol. The zero-order chi connectivity index (χ0) is 15.5. The molecule has 0 aliphatic rings. The molecule has 0 aliphatic carbocycles. The van der Waals surface area contributed by atoms with Crippen molar-refractivity contribution in [2.75, 3.05) is 11.9 Å². The van der Waals surface area contributed by atoms with E-state index < -0.39 is 0 Å². The molecule has 0 saturated carbocycles. The van der Waals surface area contributed by atoms with Crippen LogP contribution in [0.4, 0.5) is 5.82 Å². The smallest absolute Gasteiger partial charge is 0.143 e. The first-order valence-corrected chi connectivity index (χ1v) is 7.45. The lowest BCUT2D eigenvalue weighted by Crippen LogP contribution is -2.29. The van der Waals surface area contributed by atoms with Gasteiger partial charge in [-0.05, 0) is 17.5 Å². The van der Waals surface area contributed by atoms with Gasteiger partial charge in [0.1, 0.15) is 17.8 Å². The van der Waals surface area contributed by atoms with Crippen molar-refractivity contribution >= 4 is 16.9 Å². The summed E-state index contributed by atoms with van der Waals surface area (Å²) < 4.78 is 0. The second-order valence-electron chi connectivity index (χ2n) is 5.71. The number of hydrogen-bond acceptors (Lipinski definition) is 4. The van der Waals surface area contributed by atoms with E-state index >= 15 is 0 Å². The number of anilines is 1. The molecule has 5 heteroatoms. The van der Waals surface area contributed by atoms with Gasteiger partial charge in [0.2, 0.25) is 0 Å². The standard InChI is InChI=1S/C17H20N4O/c1-11(2)15(9-22)21-17-13-8-14(12-6-4-3-5-7-12)20-16(13)18-10-19-17/h3-8,10-11,15,22H,9H2,1-2H3,(H2,18,19,20,21)/t15-/m0/s1. The van der Waals surface area contributed by atoms with E-state index in [1.54, 1.807) is 0 Å². The fraction of sp³-hybridized carbons (Fsp3) is 0.294. The van der Waals surface area contributed by atoms with Crippen molar-refractivity contribution in [2.45, 2.75) is 19.9 Å². The molecule has 2 aromatic heterocycles. The first-order valence-electron chi connectivity index (χ1n) is 7.45. The van der Waals surface area contributed by atoms with Gasteiger partial charge in [-0.15, -0.1) is 0 Å². The average molecular weight is 296 g/mol. The monoisotopic (exact) mass is 296 g/mol. The van der Waals surface area contributed by atoms with Crippen LogP contribution in [0.1, 0.15) is 13.8 Å². The van der Waals surface area contributed by atoms with Crippen LogP contribution in [-0.2, 0) is 0 Å². The van der Waals surface area contributed by atoms with Gasteiger partial charge in [-0.1, -0.05) is 44.2 Å². The zero-order valence-electron chi connectivity index (χ0n) is 12.7. The van der Waals surface area contributed by atoms with Gasteiger partial charge in [0, 0.05) is 5.69 Å². The second kappa shape index (κ2) is 6.15. The number of aliphatic hydroxyl groups excluding tert-OH is 1. The van der Waals surface area contributed by atoms with Crippen molar-refractivity contribution in [1.82, 2.24) is 15.0 Å². The molecule has 0 bridgehead atoms. The fourth-order valence-corrected chi connectivity index (χ4v) is 2.43. The molecule has 0 spiro atoms. The molecule has 0 radical (unpaired) electrons. The Kier molecular flexibility index (Phi) is 4.06. The zero-order valence-corrected chi connectivity index (χ0v) is 12.7. The number of aromatic nitrogens is 3. The van der Waals surface area contributed by atoms with Gasteiger partial charge < -0.3 is 15.4 Å². The topological polar surface area (TPSA) is 73.8 Å². The third kappa shape index (κ3) is 2.80. The Morgan fingerprint density at radius 3 is 2.64 bits per heavy atom. The van der Waals surface area contributed by atoms with Crippen molar-refractivity contribution in [1.29, 1.82) is 0 Å². The maximum Gasteiger partial charge on any atom is 0.143 e. The van der Waals surface area contributed by atoms with Crippen molar-refractivity contribution < 1.29 is 5.11 Å². The molecule has 2 heterocycles. The number of fused-ring (bicyclic) bond motifs is 1. The van der Waals surface area contributed by atoms with E-state index in [1.165, 1.54) is 6.33 Å². The fourth-order valence-electron chi connectivity index (χ4n) is 2.43. The summed E-state index contributed by atoms with van der Waals surface area (Å²) in [5.74, 6) is 1.05. The quantitative estimate of drug-likeness (QED) is 0.676. The minimum absolute atomic E-state index is 0.0341. The number of hydrogen-bond donors (Lipinski definition) is 3. The van der Waals surface area contributed by atoms with Gasteiger partial charge in [-0.25, -0.2) is 9.97 Å². The Bertz CT molecular complexity index is 752. The Morgan fingerprint density at radius 2 is 1.95 bits per heavy atom. The first-order chi connectivity index (χ1) is 10.7. The minimum Gasteiger partial charge on any atom is -0.394 e. The lowest BCUT2D eigenvalue weighted by Gasteiger charge is -2.20. The number of rotatable bonds is 5. The maximum atomic E-state index is 9.50. The van der Waals surface area contributed by atoms with E-state index in [1.807, 2.05) is 24.3 Å². The van der Waals surface area contributed by atoms with Gasteiger partial charge in [0.15, 0.2) is 0 Å². The van der Waals surface area contributed by atoms with Crippen LogP contribution in [0, 0.1) is 5.92 Å². The number of benzene rings is 1. The summed E-state index contributed by atoms with van der Waals surface area (Å²) in [6.45, 7) is 4.21. The van der Waals surface area contributed by atoms with Gasteiger partial charge in [0.05, 0.1) is 18.0 Å². The molecule has 0 unspecified atom stereocenters. The van der Waals surface area contributed by atoms with Gasteiger partial charge in [-0.2, -0.15) is 0 Å². The number of nitrogens with one attached hydrogen (secondary N) is 2. The lowest BCUT2D eigenvalue weighted by molar-refractivity contribution is 0.249. The molecule has 0 aliphatic heterocycles. The maximum absolute atomic E-state index is 9.50. The molecule has 5 nitrogen and oxygen atoms in total. The van der Waals surface area contributed by atoms with E-state index in [4.69, 9.17) is 0 Å². The highest BCUT2D eigenvalue weighted by atomic mass is 16.3. The highest BCUT2D eigenvalue weighted by Gasteiger charge is 2.15. The predicted octanol–water partition coefficient (Wildman–Crippen LogP) is 3.05. The molecule has 0 amide bonds. The number of aromatic amines is 1. The molecule has 0 fully saturated rings. The van der Waals surface area contributed by atoms with E-state index in [2.05, 4.69) is 46.2 Å². The number of aliphatic hydroxyl groups is 1. The number of nitrogens with zero attached hydrogens (tertiary/aromatic N) is 2. The van der Waals surface area contributed by atoms with Gasteiger partial charge in [-0.3, -0.25) is 0 Å². The van der Waals surface area contributed by atoms with E-state index in [0.717, 1.165) is 28.1 Å². The Balaban J connectivity index is 2.00.